The Morgan fingerprint density at radius 1 is 1.53 bits per heavy atom. The van der Waals surface area contributed by atoms with E-state index in [1.807, 2.05) is 0 Å². The summed E-state index contributed by atoms with van der Waals surface area (Å²) in [7, 11) is 1.55. The molecule has 1 fully saturated rings. The van der Waals surface area contributed by atoms with Crippen molar-refractivity contribution in [1.82, 2.24) is 5.32 Å². The highest BCUT2D eigenvalue weighted by Crippen LogP contribution is 2.34. The van der Waals surface area contributed by atoms with E-state index in [1.165, 1.54) is 0 Å². The third-order valence-corrected chi connectivity index (χ3v) is 4.05. The highest BCUT2D eigenvalue weighted by atomic mass is 16.5. The molecule has 0 aromatic heterocycles. The van der Waals surface area contributed by atoms with Crippen LogP contribution in [0.25, 0.3) is 0 Å². The third kappa shape index (κ3) is 4.09. The molecule has 0 radical (unpaired) electrons. The largest absolute Gasteiger partial charge is 0.409 e. The first-order valence-corrected chi connectivity index (χ1v) is 6.86. The maximum Gasteiger partial charge on any atom is 0.223 e. The van der Waals surface area contributed by atoms with Crippen LogP contribution in [0.15, 0.2) is 5.16 Å². The van der Waals surface area contributed by atoms with Gasteiger partial charge < -0.3 is 21.0 Å². The van der Waals surface area contributed by atoms with E-state index in [0.29, 0.717) is 12.5 Å². The minimum absolute atomic E-state index is 0.104. The van der Waals surface area contributed by atoms with Crippen molar-refractivity contribution in [3.63, 3.8) is 0 Å². The number of ether oxygens (including phenoxy) is 1. The third-order valence-electron chi connectivity index (χ3n) is 4.05. The van der Waals surface area contributed by atoms with E-state index in [4.69, 9.17) is 15.7 Å². The molecule has 0 aliphatic heterocycles. The maximum atomic E-state index is 11.9. The summed E-state index contributed by atoms with van der Waals surface area (Å²) in [5.41, 5.74) is 5.11. The summed E-state index contributed by atoms with van der Waals surface area (Å²) in [5.74, 6) is 0.645. The quantitative estimate of drug-likeness (QED) is 0.293. The van der Waals surface area contributed by atoms with Gasteiger partial charge in [0.1, 0.15) is 5.54 Å². The Labute approximate surface area is 114 Å². The summed E-state index contributed by atoms with van der Waals surface area (Å²) in [6.07, 6.45) is 4.83. The van der Waals surface area contributed by atoms with Crippen LogP contribution in [0.1, 0.15) is 45.4 Å². The van der Waals surface area contributed by atoms with Crippen molar-refractivity contribution >= 4 is 11.7 Å². The molecule has 0 bridgehead atoms. The van der Waals surface area contributed by atoms with Crippen molar-refractivity contribution in [3.05, 3.63) is 0 Å². The van der Waals surface area contributed by atoms with Gasteiger partial charge in [-0.05, 0) is 31.6 Å². The molecule has 0 atom stereocenters. The van der Waals surface area contributed by atoms with Crippen LogP contribution < -0.4 is 11.1 Å². The number of carbonyl (C=O) groups is 1. The Balaban J connectivity index is 2.70. The van der Waals surface area contributed by atoms with Gasteiger partial charge in [0, 0.05) is 13.5 Å². The Morgan fingerprint density at radius 2 is 2.16 bits per heavy atom. The number of nitrogens with one attached hydrogen (secondary N) is 1. The van der Waals surface area contributed by atoms with Crippen LogP contribution in [0.5, 0.6) is 0 Å². The van der Waals surface area contributed by atoms with Gasteiger partial charge in [0.25, 0.3) is 0 Å². The normalized spacial score (nSPS) is 28.1. The first kappa shape index (κ1) is 15.8. The second-order valence-corrected chi connectivity index (χ2v) is 5.21. The minimum Gasteiger partial charge on any atom is -0.409 e. The molecule has 0 aromatic carbocycles. The zero-order valence-corrected chi connectivity index (χ0v) is 11.8. The van der Waals surface area contributed by atoms with E-state index in [1.54, 1.807) is 7.11 Å². The van der Waals surface area contributed by atoms with Crippen LogP contribution >= 0.6 is 0 Å². The predicted octanol–water partition coefficient (Wildman–Crippen LogP) is 1.22. The van der Waals surface area contributed by atoms with Crippen molar-refractivity contribution in [2.24, 2.45) is 16.8 Å². The van der Waals surface area contributed by atoms with E-state index in [-0.39, 0.29) is 18.2 Å². The Bertz CT molecular complexity index is 323. The van der Waals surface area contributed by atoms with Gasteiger partial charge in [0.05, 0.1) is 6.61 Å². The van der Waals surface area contributed by atoms with Crippen molar-refractivity contribution in [3.8, 4) is 0 Å². The lowest BCUT2D eigenvalue weighted by atomic mass is 9.75. The van der Waals surface area contributed by atoms with Gasteiger partial charge in [-0.25, -0.2) is 0 Å². The summed E-state index contributed by atoms with van der Waals surface area (Å²) < 4.78 is 4.88. The highest BCUT2D eigenvalue weighted by molar-refractivity contribution is 5.94. The van der Waals surface area contributed by atoms with Gasteiger partial charge in [-0.1, -0.05) is 18.5 Å². The van der Waals surface area contributed by atoms with Crippen LogP contribution in [0, 0.1) is 5.92 Å². The van der Waals surface area contributed by atoms with Crippen LogP contribution in [-0.4, -0.2) is 36.2 Å². The summed E-state index contributed by atoms with van der Waals surface area (Å²) >= 11 is 0. The van der Waals surface area contributed by atoms with Gasteiger partial charge in [-0.3, -0.25) is 4.79 Å². The smallest absolute Gasteiger partial charge is 0.223 e. The van der Waals surface area contributed by atoms with Gasteiger partial charge in [0.15, 0.2) is 5.84 Å². The standard InChI is InChI=1S/C13H25N3O3/c1-3-10-4-7-13(8-5-10,12(14)16-18)15-11(17)6-9-19-2/h10,18H,3-9H2,1-2H3,(H2,14,16)(H,15,17). The van der Waals surface area contributed by atoms with Crippen molar-refractivity contribution in [2.75, 3.05) is 13.7 Å². The number of oxime groups is 1. The van der Waals surface area contributed by atoms with E-state index in [9.17, 15) is 4.79 Å². The summed E-state index contributed by atoms with van der Waals surface area (Å²) in [6.45, 7) is 2.54. The summed E-state index contributed by atoms with van der Waals surface area (Å²) in [6, 6.07) is 0. The van der Waals surface area contributed by atoms with Gasteiger partial charge in [-0.2, -0.15) is 0 Å². The van der Waals surface area contributed by atoms with E-state index in [2.05, 4.69) is 17.4 Å². The number of hydrogen-bond donors (Lipinski definition) is 3. The second kappa shape index (κ2) is 7.33. The van der Waals surface area contributed by atoms with Crippen LogP contribution in [0.4, 0.5) is 0 Å². The topological polar surface area (TPSA) is 96.9 Å². The number of hydrogen-bond acceptors (Lipinski definition) is 4. The molecule has 6 heteroatoms. The molecule has 1 saturated carbocycles. The van der Waals surface area contributed by atoms with Crippen LogP contribution in [0.2, 0.25) is 0 Å². The molecular weight excluding hydrogens is 246 g/mol. The predicted molar refractivity (Wildman–Crippen MR) is 73.0 cm³/mol. The lowest BCUT2D eigenvalue weighted by Crippen LogP contribution is -2.59. The molecular formula is C13H25N3O3. The average Bonchev–Trinajstić information content (AvgIpc) is 2.44. The fourth-order valence-electron chi connectivity index (χ4n) is 2.64. The molecule has 1 rings (SSSR count). The average molecular weight is 271 g/mol. The molecule has 4 N–H and O–H groups in total. The number of amides is 1. The van der Waals surface area contributed by atoms with Crippen LogP contribution in [-0.2, 0) is 9.53 Å². The van der Waals surface area contributed by atoms with Crippen molar-refractivity contribution in [2.45, 2.75) is 51.0 Å². The number of carbonyl (C=O) groups excluding carboxylic acids is 1. The van der Waals surface area contributed by atoms with E-state index >= 15 is 0 Å². The molecule has 1 amide bonds. The number of methoxy groups -OCH3 is 1. The number of amidine groups is 1. The molecule has 0 heterocycles. The monoisotopic (exact) mass is 271 g/mol. The van der Waals surface area contributed by atoms with E-state index < -0.39 is 5.54 Å². The number of nitrogens with zero attached hydrogens (tertiary/aromatic N) is 1. The minimum atomic E-state index is -0.689. The molecule has 1 aliphatic rings. The SMILES string of the molecule is CCC1CCC(NC(=O)CCOC)(/C(N)=N/O)CC1. The zero-order chi connectivity index (χ0) is 14.3. The molecule has 1 aliphatic carbocycles. The second-order valence-electron chi connectivity index (χ2n) is 5.21. The fraction of sp³-hybridized carbons (Fsp3) is 0.846. The molecule has 0 spiro atoms. The van der Waals surface area contributed by atoms with Gasteiger partial charge in [-0.15, -0.1) is 0 Å². The molecule has 0 unspecified atom stereocenters. The molecule has 19 heavy (non-hydrogen) atoms. The lowest BCUT2D eigenvalue weighted by Gasteiger charge is -2.39. The van der Waals surface area contributed by atoms with Gasteiger partial charge >= 0.3 is 0 Å². The summed E-state index contributed by atoms with van der Waals surface area (Å²) in [5, 5.41) is 15.0. The number of nitrogens with two attached hydrogens (primary N) is 1. The highest BCUT2D eigenvalue weighted by Gasteiger charge is 2.40. The molecule has 6 nitrogen and oxygen atoms in total. The first-order valence-electron chi connectivity index (χ1n) is 6.86. The molecule has 0 aromatic rings. The molecule has 0 saturated heterocycles. The maximum absolute atomic E-state index is 11.9. The van der Waals surface area contributed by atoms with Crippen molar-refractivity contribution in [1.29, 1.82) is 0 Å². The number of rotatable bonds is 6. The zero-order valence-electron chi connectivity index (χ0n) is 11.8. The molecule has 110 valence electrons. The van der Waals surface area contributed by atoms with Crippen LogP contribution in [0.3, 0.4) is 0 Å². The van der Waals surface area contributed by atoms with Gasteiger partial charge in [0.2, 0.25) is 5.91 Å². The van der Waals surface area contributed by atoms with E-state index in [0.717, 1.165) is 32.1 Å². The first-order chi connectivity index (χ1) is 9.07. The summed E-state index contributed by atoms with van der Waals surface area (Å²) in [4.78, 5) is 11.9. The Kier molecular flexibility index (Phi) is 6.08. The Hall–Kier alpha value is -1.30. The fourth-order valence-corrected chi connectivity index (χ4v) is 2.64. The van der Waals surface area contributed by atoms with Crippen molar-refractivity contribution < 1.29 is 14.7 Å². The Morgan fingerprint density at radius 3 is 2.63 bits per heavy atom. The lowest BCUT2D eigenvalue weighted by molar-refractivity contribution is -0.123.